The van der Waals surface area contributed by atoms with Crippen LogP contribution in [0.1, 0.15) is 0 Å². The fourth-order valence-corrected chi connectivity index (χ4v) is 2.89. The van der Waals surface area contributed by atoms with E-state index in [4.69, 9.17) is 10.5 Å². The first-order chi connectivity index (χ1) is 8.22. The lowest BCUT2D eigenvalue weighted by atomic mass is 10.3. The van der Waals surface area contributed by atoms with E-state index in [1.54, 1.807) is 31.3 Å². The minimum absolute atomic E-state index is 0.648. The SMILES string of the molecule is COc1ccccc1Sc1c(N)cncc1Br. The van der Waals surface area contributed by atoms with Crippen molar-refractivity contribution in [3.63, 3.8) is 0 Å². The summed E-state index contributed by atoms with van der Waals surface area (Å²) >= 11 is 5.00. The Morgan fingerprint density at radius 3 is 2.76 bits per heavy atom. The summed E-state index contributed by atoms with van der Waals surface area (Å²) in [5.74, 6) is 0.834. The van der Waals surface area contributed by atoms with Gasteiger partial charge in [0.1, 0.15) is 5.75 Å². The van der Waals surface area contributed by atoms with Crippen molar-refractivity contribution in [3.05, 3.63) is 41.1 Å². The third-order valence-electron chi connectivity index (χ3n) is 2.16. The topological polar surface area (TPSA) is 48.1 Å². The number of benzene rings is 1. The van der Waals surface area contributed by atoms with Crippen molar-refractivity contribution < 1.29 is 4.74 Å². The molecule has 2 aromatic rings. The first-order valence-corrected chi connectivity index (χ1v) is 6.53. The number of ether oxygens (including phenoxy) is 1. The average Bonchev–Trinajstić information content (AvgIpc) is 2.34. The zero-order chi connectivity index (χ0) is 12.3. The van der Waals surface area contributed by atoms with E-state index in [9.17, 15) is 0 Å². The second-order valence-electron chi connectivity index (χ2n) is 3.29. The highest BCUT2D eigenvalue weighted by molar-refractivity contribution is 9.10. The Bertz CT molecular complexity index is 513. The van der Waals surface area contributed by atoms with Crippen molar-refractivity contribution in [1.29, 1.82) is 0 Å². The number of nitrogens with zero attached hydrogens (tertiary/aromatic N) is 1. The van der Waals surface area contributed by atoms with E-state index >= 15 is 0 Å². The lowest BCUT2D eigenvalue weighted by Gasteiger charge is -2.10. The molecule has 0 saturated carbocycles. The van der Waals surface area contributed by atoms with Crippen LogP contribution in [0.5, 0.6) is 5.75 Å². The zero-order valence-corrected chi connectivity index (χ0v) is 11.6. The van der Waals surface area contributed by atoms with E-state index < -0.39 is 0 Å². The molecule has 0 aliphatic rings. The van der Waals surface area contributed by atoms with Gasteiger partial charge in [-0.15, -0.1) is 0 Å². The normalized spacial score (nSPS) is 10.2. The smallest absolute Gasteiger partial charge is 0.132 e. The number of methoxy groups -OCH3 is 1. The molecular weight excluding hydrogens is 300 g/mol. The van der Waals surface area contributed by atoms with Gasteiger partial charge in [-0.25, -0.2) is 0 Å². The number of para-hydroxylation sites is 1. The van der Waals surface area contributed by atoms with Crippen LogP contribution in [-0.2, 0) is 0 Å². The van der Waals surface area contributed by atoms with E-state index in [1.807, 2.05) is 24.3 Å². The molecule has 0 radical (unpaired) electrons. The lowest BCUT2D eigenvalue weighted by molar-refractivity contribution is 0.405. The van der Waals surface area contributed by atoms with E-state index in [1.165, 1.54) is 0 Å². The zero-order valence-electron chi connectivity index (χ0n) is 9.18. The van der Waals surface area contributed by atoms with E-state index in [0.717, 1.165) is 20.0 Å². The van der Waals surface area contributed by atoms with Gasteiger partial charge < -0.3 is 10.5 Å². The number of anilines is 1. The molecule has 0 fully saturated rings. The Kier molecular flexibility index (Phi) is 3.91. The predicted octanol–water partition coefficient (Wildman–Crippen LogP) is 3.59. The maximum absolute atomic E-state index is 5.91. The molecule has 0 amide bonds. The minimum Gasteiger partial charge on any atom is -0.496 e. The van der Waals surface area contributed by atoms with Crippen LogP contribution in [0.2, 0.25) is 0 Å². The van der Waals surface area contributed by atoms with Crippen molar-refractivity contribution in [2.24, 2.45) is 0 Å². The number of pyridine rings is 1. The summed E-state index contributed by atoms with van der Waals surface area (Å²) in [6, 6.07) is 7.83. The van der Waals surface area contributed by atoms with Crippen LogP contribution in [0.15, 0.2) is 50.9 Å². The molecule has 1 aromatic carbocycles. The number of aromatic nitrogens is 1. The maximum Gasteiger partial charge on any atom is 0.132 e. The van der Waals surface area contributed by atoms with E-state index in [2.05, 4.69) is 20.9 Å². The van der Waals surface area contributed by atoms with E-state index in [0.29, 0.717) is 5.69 Å². The van der Waals surface area contributed by atoms with Gasteiger partial charge in [-0.2, -0.15) is 0 Å². The van der Waals surface area contributed by atoms with Gasteiger partial charge in [0.25, 0.3) is 0 Å². The Labute approximate surface area is 113 Å². The number of nitrogen functional groups attached to an aromatic ring is 1. The average molecular weight is 311 g/mol. The number of halogens is 1. The first kappa shape index (κ1) is 12.3. The molecule has 0 atom stereocenters. The molecule has 3 nitrogen and oxygen atoms in total. The molecule has 0 aliphatic carbocycles. The third kappa shape index (κ3) is 2.73. The third-order valence-corrected chi connectivity index (χ3v) is 4.24. The monoisotopic (exact) mass is 310 g/mol. The largest absolute Gasteiger partial charge is 0.496 e. The summed E-state index contributed by atoms with van der Waals surface area (Å²) in [7, 11) is 1.66. The Morgan fingerprint density at radius 1 is 1.29 bits per heavy atom. The van der Waals surface area contributed by atoms with Gasteiger partial charge in [-0.1, -0.05) is 23.9 Å². The lowest BCUT2D eigenvalue weighted by Crippen LogP contribution is -1.92. The number of hydrogen-bond acceptors (Lipinski definition) is 4. The molecule has 2 rings (SSSR count). The van der Waals surface area contributed by atoms with Crippen molar-refractivity contribution >= 4 is 33.4 Å². The van der Waals surface area contributed by atoms with Gasteiger partial charge in [-0.3, -0.25) is 4.98 Å². The van der Waals surface area contributed by atoms with Crippen LogP contribution in [0.4, 0.5) is 5.69 Å². The minimum atomic E-state index is 0.648. The molecule has 1 aromatic heterocycles. The van der Waals surface area contributed by atoms with Gasteiger partial charge in [-0.05, 0) is 28.1 Å². The fraction of sp³-hybridized carbons (Fsp3) is 0.0833. The molecule has 0 unspecified atom stereocenters. The molecule has 17 heavy (non-hydrogen) atoms. The summed E-state index contributed by atoms with van der Waals surface area (Å²) in [5, 5.41) is 0. The quantitative estimate of drug-likeness (QED) is 0.941. The molecule has 5 heteroatoms. The van der Waals surface area contributed by atoms with Crippen molar-refractivity contribution in [2.75, 3.05) is 12.8 Å². The van der Waals surface area contributed by atoms with Gasteiger partial charge in [0.15, 0.2) is 0 Å². The van der Waals surface area contributed by atoms with Gasteiger partial charge in [0.05, 0.1) is 33.3 Å². The van der Waals surface area contributed by atoms with Gasteiger partial charge in [0.2, 0.25) is 0 Å². The Morgan fingerprint density at radius 2 is 2.06 bits per heavy atom. The highest BCUT2D eigenvalue weighted by Crippen LogP contribution is 2.40. The molecular formula is C12H11BrN2OS. The second-order valence-corrected chi connectivity index (χ2v) is 5.20. The van der Waals surface area contributed by atoms with Gasteiger partial charge >= 0.3 is 0 Å². The summed E-state index contributed by atoms with van der Waals surface area (Å²) in [5.41, 5.74) is 6.56. The summed E-state index contributed by atoms with van der Waals surface area (Å²) < 4.78 is 6.19. The first-order valence-electron chi connectivity index (χ1n) is 4.92. The van der Waals surface area contributed by atoms with Gasteiger partial charge in [0, 0.05) is 6.20 Å². The standard InChI is InChI=1S/C12H11BrN2OS/c1-16-10-4-2-3-5-11(10)17-12-8(13)6-15-7-9(12)14/h2-7H,14H2,1H3. The number of rotatable bonds is 3. The summed E-state index contributed by atoms with van der Waals surface area (Å²) in [6.07, 6.45) is 3.37. The molecule has 0 aliphatic heterocycles. The van der Waals surface area contributed by atoms with E-state index in [-0.39, 0.29) is 0 Å². The Hall–Kier alpha value is -1.20. The highest BCUT2D eigenvalue weighted by atomic mass is 79.9. The van der Waals surface area contributed by atoms with Crippen LogP contribution in [0.3, 0.4) is 0 Å². The molecule has 88 valence electrons. The highest BCUT2D eigenvalue weighted by Gasteiger charge is 2.10. The number of hydrogen-bond donors (Lipinski definition) is 1. The van der Waals surface area contributed by atoms with Crippen LogP contribution in [0.25, 0.3) is 0 Å². The van der Waals surface area contributed by atoms with Crippen LogP contribution in [0, 0.1) is 0 Å². The second kappa shape index (κ2) is 5.42. The predicted molar refractivity (Wildman–Crippen MR) is 73.5 cm³/mol. The molecule has 0 saturated heterocycles. The number of nitrogens with two attached hydrogens (primary N) is 1. The summed E-state index contributed by atoms with van der Waals surface area (Å²) in [4.78, 5) is 5.98. The molecule has 1 heterocycles. The van der Waals surface area contributed by atoms with Crippen LogP contribution >= 0.6 is 27.7 Å². The van der Waals surface area contributed by atoms with Crippen molar-refractivity contribution in [2.45, 2.75) is 9.79 Å². The Balaban J connectivity index is 2.38. The van der Waals surface area contributed by atoms with Crippen LogP contribution < -0.4 is 10.5 Å². The molecule has 0 bridgehead atoms. The van der Waals surface area contributed by atoms with Crippen molar-refractivity contribution in [3.8, 4) is 5.75 Å². The maximum atomic E-state index is 5.91. The fourth-order valence-electron chi connectivity index (χ4n) is 1.36. The summed E-state index contributed by atoms with van der Waals surface area (Å²) in [6.45, 7) is 0. The van der Waals surface area contributed by atoms with Crippen LogP contribution in [-0.4, -0.2) is 12.1 Å². The molecule has 0 spiro atoms. The van der Waals surface area contributed by atoms with Crippen molar-refractivity contribution in [1.82, 2.24) is 4.98 Å². The molecule has 2 N–H and O–H groups in total.